The molecule has 0 radical (unpaired) electrons. The summed E-state index contributed by atoms with van der Waals surface area (Å²) in [5.41, 5.74) is 8.20. The van der Waals surface area contributed by atoms with Crippen LogP contribution in [0.1, 0.15) is 25.0 Å². The number of nitrogens with one attached hydrogen (secondary N) is 1. The van der Waals surface area contributed by atoms with Crippen molar-refractivity contribution in [3.8, 4) is 0 Å². The fourth-order valence-corrected chi connectivity index (χ4v) is 1.95. The van der Waals surface area contributed by atoms with Crippen molar-refractivity contribution >= 4 is 5.96 Å². The topological polar surface area (TPSA) is 68.2 Å². The molecule has 5 nitrogen and oxygen atoms in total. The summed E-state index contributed by atoms with van der Waals surface area (Å²) in [6.45, 7) is 6.47. The van der Waals surface area contributed by atoms with Crippen LogP contribution in [0.3, 0.4) is 0 Å². The highest BCUT2D eigenvalue weighted by molar-refractivity contribution is 5.77. The summed E-state index contributed by atoms with van der Waals surface area (Å²) in [6.07, 6.45) is 3.74. The van der Waals surface area contributed by atoms with E-state index in [2.05, 4.69) is 47.5 Å². The number of hydrogen-bond acceptors (Lipinski definition) is 2. The normalized spacial score (nSPS) is 11.9. The van der Waals surface area contributed by atoms with Gasteiger partial charge in [-0.15, -0.1) is 0 Å². The summed E-state index contributed by atoms with van der Waals surface area (Å²) in [7, 11) is 0. The maximum atomic E-state index is 5.84. The fourth-order valence-electron chi connectivity index (χ4n) is 1.95. The summed E-state index contributed by atoms with van der Waals surface area (Å²) in [6, 6.07) is 10.3. The summed E-state index contributed by atoms with van der Waals surface area (Å²) in [5, 5.41) is 7.33. The zero-order chi connectivity index (χ0) is 15.1. The lowest BCUT2D eigenvalue weighted by Crippen LogP contribution is -2.34. The molecule has 0 unspecified atom stereocenters. The molecular formula is C16H23N5. The maximum absolute atomic E-state index is 5.84. The Morgan fingerprint density at radius 1 is 1.33 bits per heavy atom. The van der Waals surface area contributed by atoms with Gasteiger partial charge in [-0.05, 0) is 23.1 Å². The third-order valence-electron chi connectivity index (χ3n) is 3.02. The van der Waals surface area contributed by atoms with E-state index in [0.29, 0.717) is 18.4 Å². The summed E-state index contributed by atoms with van der Waals surface area (Å²) in [5.74, 6) is 1.05. The Morgan fingerprint density at radius 2 is 2.14 bits per heavy atom. The van der Waals surface area contributed by atoms with E-state index in [0.717, 1.165) is 18.7 Å². The Balaban J connectivity index is 1.93. The first-order chi connectivity index (χ1) is 10.1. The van der Waals surface area contributed by atoms with Gasteiger partial charge in [0, 0.05) is 18.9 Å². The van der Waals surface area contributed by atoms with E-state index < -0.39 is 0 Å². The molecule has 0 fully saturated rings. The molecule has 2 rings (SSSR count). The van der Waals surface area contributed by atoms with Crippen LogP contribution in [0.25, 0.3) is 0 Å². The van der Waals surface area contributed by atoms with Crippen molar-refractivity contribution in [2.75, 3.05) is 6.54 Å². The highest BCUT2D eigenvalue weighted by Crippen LogP contribution is 2.08. The zero-order valence-electron chi connectivity index (χ0n) is 12.7. The first kappa shape index (κ1) is 15.1. The highest BCUT2D eigenvalue weighted by atomic mass is 15.3. The van der Waals surface area contributed by atoms with Crippen LogP contribution in [-0.4, -0.2) is 22.3 Å². The first-order valence-corrected chi connectivity index (χ1v) is 7.22. The van der Waals surface area contributed by atoms with Crippen LogP contribution in [0.2, 0.25) is 0 Å². The molecule has 112 valence electrons. The van der Waals surface area contributed by atoms with Gasteiger partial charge in [0.05, 0.1) is 13.1 Å². The number of aliphatic imine (C=N–C) groups is 1. The predicted molar refractivity (Wildman–Crippen MR) is 85.9 cm³/mol. The molecule has 3 N–H and O–H groups in total. The SMILES string of the molecule is CC(C)CNC(N)=NCc1cccc(Cn2cccn2)c1. The Kier molecular flexibility index (Phi) is 5.37. The van der Waals surface area contributed by atoms with E-state index >= 15 is 0 Å². The molecule has 0 saturated heterocycles. The van der Waals surface area contributed by atoms with Crippen LogP contribution in [0.4, 0.5) is 0 Å². The molecule has 0 saturated carbocycles. The number of guanidine groups is 1. The van der Waals surface area contributed by atoms with Crippen molar-refractivity contribution in [3.63, 3.8) is 0 Å². The largest absolute Gasteiger partial charge is 0.370 e. The van der Waals surface area contributed by atoms with Crippen molar-refractivity contribution in [1.29, 1.82) is 0 Å². The molecule has 1 heterocycles. The van der Waals surface area contributed by atoms with Crippen molar-refractivity contribution in [3.05, 3.63) is 53.9 Å². The molecule has 5 heteroatoms. The lowest BCUT2D eigenvalue weighted by atomic mass is 10.1. The van der Waals surface area contributed by atoms with Gasteiger partial charge in [0.25, 0.3) is 0 Å². The molecule has 0 bridgehead atoms. The minimum Gasteiger partial charge on any atom is -0.370 e. The molecule has 0 spiro atoms. The van der Waals surface area contributed by atoms with Crippen LogP contribution in [-0.2, 0) is 13.1 Å². The smallest absolute Gasteiger partial charge is 0.188 e. The third kappa shape index (κ3) is 5.30. The van der Waals surface area contributed by atoms with Gasteiger partial charge in [-0.1, -0.05) is 38.1 Å². The van der Waals surface area contributed by atoms with Crippen LogP contribution in [0, 0.1) is 5.92 Å². The zero-order valence-corrected chi connectivity index (χ0v) is 12.7. The van der Waals surface area contributed by atoms with Crippen LogP contribution in [0.15, 0.2) is 47.7 Å². The average Bonchev–Trinajstić information content (AvgIpc) is 2.96. The van der Waals surface area contributed by atoms with E-state index in [4.69, 9.17) is 5.73 Å². The van der Waals surface area contributed by atoms with Gasteiger partial charge in [0.2, 0.25) is 0 Å². The van der Waals surface area contributed by atoms with E-state index in [1.807, 2.05) is 23.0 Å². The number of nitrogens with zero attached hydrogens (tertiary/aromatic N) is 3. The van der Waals surface area contributed by atoms with Crippen LogP contribution in [0.5, 0.6) is 0 Å². The Morgan fingerprint density at radius 3 is 2.86 bits per heavy atom. The van der Waals surface area contributed by atoms with E-state index in [1.165, 1.54) is 5.56 Å². The second kappa shape index (κ2) is 7.47. The van der Waals surface area contributed by atoms with Gasteiger partial charge in [-0.2, -0.15) is 5.10 Å². The van der Waals surface area contributed by atoms with E-state index in [-0.39, 0.29) is 0 Å². The van der Waals surface area contributed by atoms with Crippen molar-refractivity contribution in [1.82, 2.24) is 15.1 Å². The lowest BCUT2D eigenvalue weighted by molar-refractivity contribution is 0.622. The molecule has 2 aromatic rings. The van der Waals surface area contributed by atoms with Gasteiger partial charge in [0.15, 0.2) is 5.96 Å². The molecule has 1 aromatic heterocycles. The summed E-state index contributed by atoms with van der Waals surface area (Å²) < 4.78 is 1.90. The average molecular weight is 285 g/mol. The molecule has 0 aliphatic carbocycles. The van der Waals surface area contributed by atoms with Crippen molar-refractivity contribution < 1.29 is 0 Å². The van der Waals surface area contributed by atoms with Gasteiger partial charge in [-0.3, -0.25) is 4.68 Å². The van der Waals surface area contributed by atoms with Crippen LogP contribution < -0.4 is 11.1 Å². The van der Waals surface area contributed by atoms with Gasteiger partial charge >= 0.3 is 0 Å². The maximum Gasteiger partial charge on any atom is 0.188 e. The first-order valence-electron chi connectivity index (χ1n) is 7.22. The molecule has 0 aliphatic heterocycles. The molecule has 21 heavy (non-hydrogen) atoms. The predicted octanol–water partition coefficient (Wildman–Crippen LogP) is 1.99. The number of hydrogen-bond donors (Lipinski definition) is 2. The van der Waals surface area contributed by atoms with E-state index in [1.54, 1.807) is 6.20 Å². The lowest BCUT2D eigenvalue weighted by Gasteiger charge is -2.08. The third-order valence-corrected chi connectivity index (χ3v) is 3.02. The minimum atomic E-state index is 0.501. The van der Waals surface area contributed by atoms with Gasteiger partial charge in [-0.25, -0.2) is 4.99 Å². The van der Waals surface area contributed by atoms with Gasteiger partial charge in [0.1, 0.15) is 0 Å². The number of aromatic nitrogens is 2. The Hall–Kier alpha value is -2.30. The number of rotatable bonds is 6. The summed E-state index contributed by atoms with van der Waals surface area (Å²) in [4.78, 5) is 4.37. The quantitative estimate of drug-likeness (QED) is 0.630. The van der Waals surface area contributed by atoms with Gasteiger partial charge < -0.3 is 11.1 Å². The number of benzene rings is 1. The minimum absolute atomic E-state index is 0.501. The Labute approximate surface area is 125 Å². The highest BCUT2D eigenvalue weighted by Gasteiger charge is 1.99. The molecule has 0 atom stereocenters. The van der Waals surface area contributed by atoms with Crippen molar-refractivity contribution in [2.45, 2.75) is 26.9 Å². The van der Waals surface area contributed by atoms with E-state index in [9.17, 15) is 0 Å². The standard InChI is InChI=1S/C16H23N5/c1-13(2)10-18-16(17)19-11-14-5-3-6-15(9-14)12-21-8-4-7-20-21/h3-9,13H,10-12H2,1-2H3,(H3,17,18,19). The molecule has 1 aromatic carbocycles. The Bertz CT molecular complexity index is 572. The molecular weight excluding hydrogens is 262 g/mol. The molecule has 0 aliphatic rings. The van der Waals surface area contributed by atoms with Crippen LogP contribution >= 0.6 is 0 Å². The second-order valence-electron chi connectivity index (χ2n) is 5.50. The monoisotopic (exact) mass is 285 g/mol. The fraction of sp³-hybridized carbons (Fsp3) is 0.375. The summed E-state index contributed by atoms with van der Waals surface area (Å²) >= 11 is 0. The molecule has 0 amide bonds. The number of nitrogens with two attached hydrogens (primary N) is 1. The second-order valence-corrected chi connectivity index (χ2v) is 5.50. The van der Waals surface area contributed by atoms with Crippen molar-refractivity contribution in [2.24, 2.45) is 16.6 Å².